The van der Waals surface area contributed by atoms with E-state index < -0.39 is 5.38 Å². The van der Waals surface area contributed by atoms with Crippen LogP contribution >= 0.6 is 11.6 Å². The first-order chi connectivity index (χ1) is 7.21. The second-order valence-corrected chi connectivity index (χ2v) is 3.52. The fourth-order valence-electron chi connectivity index (χ4n) is 1.18. The van der Waals surface area contributed by atoms with Gasteiger partial charge in [-0.25, -0.2) is 0 Å². The van der Waals surface area contributed by atoms with Crippen LogP contribution in [-0.4, -0.2) is 11.7 Å². The first kappa shape index (κ1) is 11.2. The quantitative estimate of drug-likeness (QED) is 0.574. The fraction of sp³-hybridized carbons (Fsp3) is 0.182. The summed E-state index contributed by atoms with van der Waals surface area (Å²) in [7, 11) is 0. The Morgan fingerprint density at radius 3 is 2.53 bits per heavy atom. The molecule has 0 saturated heterocycles. The normalized spacial score (nSPS) is 11.1. The van der Waals surface area contributed by atoms with Gasteiger partial charge in [-0.3, -0.25) is 0 Å². The lowest BCUT2D eigenvalue weighted by Gasteiger charge is -2.03. The minimum Gasteiger partial charge on any atom is -0.302 e. The Labute approximate surface area is 92.5 Å². The predicted octanol–water partition coefficient (Wildman–Crippen LogP) is 1.78. The molecule has 0 bridgehead atoms. The smallest absolute Gasteiger partial charge is 0.138 e. The lowest BCUT2D eigenvalue weighted by Crippen LogP contribution is -2.04. The monoisotopic (exact) mass is 218 g/mol. The van der Waals surface area contributed by atoms with Crippen molar-refractivity contribution in [2.45, 2.75) is 11.8 Å². The van der Waals surface area contributed by atoms with Crippen LogP contribution in [0, 0.1) is 22.7 Å². The van der Waals surface area contributed by atoms with E-state index in [9.17, 15) is 4.79 Å². The minimum absolute atomic E-state index is 0.310. The molecule has 1 aromatic rings. The van der Waals surface area contributed by atoms with Gasteiger partial charge in [-0.05, 0) is 24.1 Å². The van der Waals surface area contributed by atoms with Crippen molar-refractivity contribution in [1.82, 2.24) is 0 Å². The highest BCUT2D eigenvalue weighted by Crippen LogP contribution is 2.13. The van der Waals surface area contributed by atoms with Crippen LogP contribution in [0.25, 0.3) is 0 Å². The Morgan fingerprint density at radius 2 is 2.00 bits per heavy atom. The number of rotatable bonds is 3. The van der Waals surface area contributed by atoms with Gasteiger partial charge in [0.2, 0.25) is 0 Å². The van der Waals surface area contributed by atoms with Crippen LogP contribution in [0.3, 0.4) is 0 Å². The number of alkyl halides is 1. The summed E-state index contributed by atoms with van der Waals surface area (Å²) in [5, 5.41) is 16.9. The minimum atomic E-state index is -0.593. The van der Waals surface area contributed by atoms with Gasteiger partial charge in [0, 0.05) is 0 Å². The summed E-state index contributed by atoms with van der Waals surface area (Å²) in [6, 6.07) is 8.67. The molecule has 0 aliphatic carbocycles. The van der Waals surface area contributed by atoms with Gasteiger partial charge in [-0.2, -0.15) is 10.5 Å². The molecular weight excluding hydrogens is 212 g/mol. The Morgan fingerprint density at radius 1 is 1.33 bits per heavy atom. The number of halogens is 1. The third-order valence-corrected chi connectivity index (χ3v) is 2.16. The molecule has 0 aromatic heterocycles. The average molecular weight is 219 g/mol. The molecule has 0 heterocycles. The number of nitrogens with zero attached hydrogens (tertiary/aromatic N) is 2. The van der Waals surface area contributed by atoms with Crippen molar-refractivity contribution >= 4 is 17.9 Å². The molecule has 3 nitrogen and oxygen atoms in total. The summed E-state index contributed by atoms with van der Waals surface area (Å²) >= 11 is 5.65. The van der Waals surface area contributed by atoms with Crippen molar-refractivity contribution in [3.8, 4) is 12.1 Å². The molecule has 4 heteroatoms. The largest absolute Gasteiger partial charge is 0.302 e. The van der Waals surface area contributed by atoms with Crippen molar-refractivity contribution in [3.05, 3.63) is 34.9 Å². The topological polar surface area (TPSA) is 64.7 Å². The first-order valence-electron chi connectivity index (χ1n) is 4.23. The summed E-state index contributed by atoms with van der Waals surface area (Å²) in [6.07, 6.45) is 1.01. The molecule has 1 atom stereocenters. The third kappa shape index (κ3) is 2.80. The average Bonchev–Trinajstić information content (AvgIpc) is 2.28. The molecule has 0 amide bonds. The summed E-state index contributed by atoms with van der Waals surface area (Å²) in [5.41, 5.74) is 1.42. The van der Waals surface area contributed by atoms with Crippen LogP contribution < -0.4 is 0 Å². The van der Waals surface area contributed by atoms with Gasteiger partial charge in [-0.15, -0.1) is 11.6 Å². The van der Waals surface area contributed by atoms with Crippen molar-refractivity contribution in [3.63, 3.8) is 0 Å². The predicted molar refractivity (Wildman–Crippen MR) is 55.3 cm³/mol. The standard InChI is InChI=1S/C11H7ClN2O/c12-11(7-15)4-8-1-2-9(5-13)10(3-8)6-14/h1-3,7,11H,4H2. The van der Waals surface area contributed by atoms with Crippen molar-refractivity contribution < 1.29 is 4.79 Å². The Balaban J connectivity index is 3.00. The van der Waals surface area contributed by atoms with Gasteiger partial charge in [-0.1, -0.05) is 6.07 Å². The van der Waals surface area contributed by atoms with Gasteiger partial charge in [0.25, 0.3) is 0 Å². The maximum Gasteiger partial charge on any atom is 0.138 e. The zero-order valence-corrected chi connectivity index (χ0v) is 8.53. The first-order valence-corrected chi connectivity index (χ1v) is 4.67. The number of hydrogen-bond donors (Lipinski definition) is 0. The van der Waals surface area contributed by atoms with Crippen LogP contribution in [-0.2, 0) is 11.2 Å². The summed E-state index contributed by atoms with van der Waals surface area (Å²) in [5.74, 6) is 0. The number of aldehydes is 1. The summed E-state index contributed by atoms with van der Waals surface area (Å²) < 4.78 is 0. The van der Waals surface area contributed by atoms with Gasteiger partial charge in [0.15, 0.2) is 0 Å². The second kappa shape index (κ2) is 5.14. The molecule has 1 rings (SSSR count). The maximum atomic E-state index is 10.3. The van der Waals surface area contributed by atoms with E-state index in [-0.39, 0.29) is 0 Å². The molecule has 0 radical (unpaired) electrons. The van der Waals surface area contributed by atoms with Gasteiger partial charge >= 0.3 is 0 Å². The molecule has 0 saturated carbocycles. The summed E-state index contributed by atoms with van der Waals surface area (Å²) in [6.45, 7) is 0. The van der Waals surface area contributed by atoms with Gasteiger partial charge in [0.05, 0.1) is 16.5 Å². The van der Waals surface area contributed by atoms with Crippen LogP contribution in [0.2, 0.25) is 0 Å². The Hall–Kier alpha value is -1.84. The van der Waals surface area contributed by atoms with Crippen molar-refractivity contribution in [1.29, 1.82) is 10.5 Å². The molecule has 74 valence electrons. The molecular formula is C11H7ClN2O. The number of benzene rings is 1. The summed E-state index contributed by atoms with van der Waals surface area (Å²) in [4.78, 5) is 10.3. The van der Waals surface area contributed by atoms with E-state index in [1.54, 1.807) is 18.2 Å². The van der Waals surface area contributed by atoms with Crippen LogP contribution in [0.4, 0.5) is 0 Å². The number of carbonyl (C=O) groups excluding carboxylic acids is 1. The SMILES string of the molecule is N#Cc1ccc(CC(Cl)C=O)cc1C#N. The number of hydrogen-bond acceptors (Lipinski definition) is 3. The van der Waals surface area contributed by atoms with E-state index >= 15 is 0 Å². The highest BCUT2D eigenvalue weighted by atomic mass is 35.5. The van der Waals surface area contributed by atoms with Crippen LogP contribution in [0.15, 0.2) is 18.2 Å². The fourth-order valence-corrected chi connectivity index (χ4v) is 1.36. The lowest BCUT2D eigenvalue weighted by molar-refractivity contribution is -0.107. The second-order valence-electron chi connectivity index (χ2n) is 2.96. The number of nitriles is 2. The van der Waals surface area contributed by atoms with E-state index in [1.807, 2.05) is 12.1 Å². The Bertz CT molecular complexity index is 457. The van der Waals surface area contributed by atoms with E-state index in [1.165, 1.54) is 0 Å². The van der Waals surface area contributed by atoms with Crippen molar-refractivity contribution in [2.75, 3.05) is 0 Å². The van der Waals surface area contributed by atoms with E-state index in [0.717, 1.165) is 5.56 Å². The molecule has 15 heavy (non-hydrogen) atoms. The molecule has 0 spiro atoms. The highest BCUT2D eigenvalue weighted by molar-refractivity contribution is 6.27. The molecule has 0 fully saturated rings. The lowest BCUT2D eigenvalue weighted by atomic mass is 10.0. The van der Waals surface area contributed by atoms with E-state index in [0.29, 0.717) is 23.8 Å². The number of carbonyl (C=O) groups is 1. The van der Waals surface area contributed by atoms with E-state index in [2.05, 4.69) is 0 Å². The third-order valence-electron chi connectivity index (χ3n) is 1.90. The van der Waals surface area contributed by atoms with Crippen molar-refractivity contribution in [2.24, 2.45) is 0 Å². The molecule has 1 aromatic carbocycles. The van der Waals surface area contributed by atoms with Crippen LogP contribution in [0.1, 0.15) is 16.7 Å². The Kier molecular flexibility index (Phi) is 3.85. The molecule has 0 N–H and O–H groups in total. The highest BCUT2D eigenvalue weighted by Gasteiger charge is 2.07. The molecule has 0 aliphatic rings. The maximum absolute atomic E-state index is 10.3. The van der Waals surface area contributed by atoms with Crippen LogP contribution in [0.5, 0.6) is 0 Å². The zero-order chi connectivity index (χ0) is 11.3. The van der Waals surface area contributed by atoms with Gasteiger partial charge in [0.1, 0.15) is 18.4 Å². The van der Waals surface area contributed by atoms with E-state index in [4.69, 9.17) is 22.1 Å². The van der Waals surface area contributed by atoms with Gasteiger partial charge < -0.3 is 4.79 Å². The molecule has 1 unspecified atom stereocenters. The molecule has 0 aliphatic heterocycles. The zero-order valence-electron chi connectivity index (χ0n) is 7.77.